The molecule has 0 spiro atoms. The third kappa shape index (κ3) is 4.46. The molecule has 56 valence electrons. The summed E-state index contributed by atoms with van der Waals surface area (Å²) in [6, 6.07) is 0. The monoisotopic (exact) mass is 131 g/mol. The van der Waals surface area contributed by atoms with Crippen LogP contribution in [0.2, 0.25) is 0 Å². The van der Waals surface area contributed by atoms with Gasteiger partial charge in [-0.2, -0.15) is 0 Å². The normalized spacial score (nSPS) is 13.7. The minimum atomic E-state index is 0. The molecule has 0 aromatic rings. The molecule has 0 radical (unpaired) electrons. The van der Waals surface area contributed by atoms with Gasteiger partial charge in [0.15, 0.2) is 0 Å². The van der Waals surface area contributed by atoms with E-state index in [0.29, 0.717) is 12.5 Å². The Morgan fingerprint density at radius 1 is 1.44 bits per heavy atom. The molecule has 0 heterocycles. The Labute approximate surface area is 59.6 Å². The summed E-state index contributed by atoms with van der Waals surface area (Å²) in [7, 11) is 0. The van der Waals surface area contributed by atoms with Crippen LogP contribution in [-0.4, -0.2) is 11.7 Å². The summed E-state index contributed by atoms with van der Waals surface area (Å²) in [6.07, 6.45) is 4.83. The Morgan fingerprint density at radius 2 is 2.11 bits per heavy atom. The highest BCUT2D eigenvalue weighted by atomic mass is 16.3. The topological polar surface area (TPSA) is 20.2 Å². The summed E-state index contributed by atoms with van der Waals surface area (Å²) < 4.78 is 0. The van der Waals surface area contributed by atoms with E-state index in [9.17, 15) is 0 Å². The molecule has 0 aromatic carbocycles. The fraction of sp³-hybridized carbons (Fsp3) is 1.00. The van der Waals surface area contributed by atoms with Crippen LogP contribution in [0.4, 0.5) is 0 Å². The van der Waals surface area contributed by atoms with Gasteiger partial charge < -0.3 is 5.11 Å². The lowest BCUT2D eigenvalue weighted by Crippen LogP contribution is -2.03. The van der Waals surface area contributed by atoms with Crippen molar-refractivity contribution >= 4 is 0 Å². The smallest absolute Gasteiger partial charge is 0.396 e. The van der Waals surface area contributed by atoms with Crippen molar-refractivity contribution in [2.24, 2.45) is 5.92 Å². The lowest BCUT2D eigenvalue weighted by Gasteiger charge is -2.08. The number of hydrogen-bond acceptors (Lipinski definition) is 1. The van der Waals surface area contributed by atoms with Crippen LogP contribution in [-0.2, 0) is 0 Å². The number of hydrogen-bond donors (Lipinski definition) is 1. The average Bonchev–Trinajstić information content (AvgIpc) is 1.91. The molecule has 0 aliphatic rings. The molecule has 0 bridgehead atoms. The van der Waals surface area contributed by atoms with Crippen LogP contribution in [0.1, 0.15) is 41.0 Å². The van der Waals surface area contributed by atoms with Gasteiger partial charge in [-0.15, -0.1) is 0 Å². The van der Waals surface area contributed by atoms with Gasteiger partial charge in [-0.05, 0) is 12.3 Å². The SMILES string of the molecule is CCCCC(CC)CO.[H+]. The second-order valence-electron chi connectivity index (χ2n) is 2.60. The van der Waals surface area contributed by atoms with Crippen molar-refractivity contribution in [1.29, 1.82) is 0 Å². The van der Waals surface area contributed by atoms with Gasteiger partial charge in [-0.3, -0.25) is 0 Å². The van der Waals surface area contributed by atoms with Crippen molar-refractivity contribution in [3.8, 4) is 0 Å². The summed E-state index contributed by atoms with van der Waals surface area (Å²) in [5.41, 5.74) is 0. The largest absolute Gasteiger partial charge is 1.00 e. The van der Waals surface area contributed by atoms with Gasteiger partial charge in [0.25, 0.3) is 0 Å². The maximum Gasteiger partial charge on any atom is 1.00 e. The molecule has 1 N–H and O–H groups in total. The quantitative estimate of drug-likeness (QED) is 0.607. The molecule has 1 unspecified atom stereocenters. The lowest BCUT2D eigenvalue weighted by molar-refractivity contribution is 0.212. The van der Waals surface area contributed by atoms with E-state index >= 15 is 0 Å². The lowest BCUT2D eigenvalue weighted by atomic mass is 10.0. The summed E-state index contributed by atoms with van der Waals surface area (Å²) in [5, 5.41) is 8.75. The molecule has 0 aliphatic heterocycles. The fourth-order valence-corrected chi connectivity index (χ4v) is 0.917. The van der Waals surface area contributed by atoms with E-state index in [1.807, 2.05) is 0 Å². The zero-order valence-electron chi connectivity index (χ0n) is 7.56. The van der Waals surface area contributed by atoms with Crippen molar-refractivity contribution in [1.82, 2.24) is 0 Å². The highest BCUT2D eigenvalue weighted by Crippen LogP contribution is 2.10. The van der Waals surface area contributed by atoms with E-state index in [1.54, 1.807) is 0 Å². The summed E-state index contributed by atoms with van der Waals surface area (Å²) in [5.74, 6) is 0.560. The Morgan fingerprint density at radius 3 is 2.44 bits per heavy atom. The molecule has 0 rings (SSSR count). The minimum absolute atomic E-state index is 0. The second kappa shape index (κ2) is 6.09. The molecule has 9 heavy (non-hydrogen) atoms. The molecule has 1 atom stereocenters. The zero-order chi connectivity index (χ0) is 7.11. The van der Waals surface area contributed by atoms with Gasteiger partial charge in [0.1, 0.15) is 0 Å². The maximum atomic E-state index is 8.75. The van der Waals surface area contributed by atoms with Gasteiger partial charge in [0, 0.05) is 6.61 Å². The zero-order valence-corrected chi connectivity index (χ0v) is 6.56. The van der Waals surface area contributed by atoms with Crippen LogP contribution in [0.25, 0.3) is 0 Å². The van der Waals surface area contributed by atoms with Crippen LogP contribution < -0.4 is 0 Å². The van der Waals surface area contributed by atoms with Gasteiger partial charge >= 0.3 is 1.43 Å². The summed E-state index contributed by atoms with van der Waals surface area (Å²) in [4.78, 5) is 0. The first-order valence-electron chi connectivity index (χ1n) is 3.96. The van der Waals surface area contributed by atoms with Crippen LogP contribution in [0.15, 0.2) is 0 Å². The highest BCUT2D eigenvalue weighted by molar-refractivity contribution is 4.53. The molecular formula is C8H19O+. The van der Waals surface area contributed by atoms with Gasteiger partial charge in [0.2, 0.25) is 0 Å². The molecule has 0 saturated carbocycles. The third-order valence-electron chi connectivity index (χ3n) is 1.80. The predicted octanol–water partition coefficient (Wildman–Crippen LogP) is 2.31. The van der Waals surface area contributed by atoms with E-state index in [-0.39, 0.29) is 1.43 Å². The predicted molar refractivity (Wildman–Crippen MR) is 41.5 cm³/mol. The summed E-state index contributed by atoms with van der Waals surface area (Å²) >= 11 is 0. The molecule has 1 nitrogen and oxygen atoms in total. The van der Waals surface area contributed by atoms with Gasteiger partial charge in [-0.25, -0.2) is 0 Å². The maximum absolute atomic E-state index is 8.75. The Bertz CT molecular complexity index is 53.2. The van der Waals surface area contributed by atoms with Gasteiger partial charge in [0.05, 0.1) is 0 Å². The Kier molecular flexibility index (Phi) is 6.06. The molecule has 1 heteroatoms. The van der Waals surface area contributed by atoms with Crippen LogP contribution >= 0.6 is 0 Å². The first-order chi connectivity index (χ1) is 4.35. The average molecular weight is 131 g/mol. The molecule has 0 saturated heterocycles. The van der Waals surface area contributed by atoms with Crippen molar-refractivity contribution in [2.45, 2.75) is 39.5 Å². The van der Waals surface area contributed by atoms with Crippen molar-refractivity contribution in [2.75, 3.05) is 6.61 Å². The van der Waals surface area contributed by atoms with E-state index in [0.717, 1.165) is 6.42 Å². The molecule has 0 amide bonds. The summed E-state index contributed by atoms with van der Waals surface area (Å²) in [6.45, 7) is 4.69. The molecule has 0 fully saturated rings. The number of aliphatic hydroxyl groups excluding tert-OH is 1. The second-order valence-corrected chi connectivity index (χ2v) is 2.60. The van der Waals surface area contributed by atoms with Crippen LogP contribution in [0.5, 0.6) is 0 Å². The Balaban J connectivity index is 0. The standard InChI is InChI=1S/C8H18O/c1-3-5-6-8(4-2)7-9/h8-9H,3-7H2,1-2H3/p+1. The number of unbranched alkanes of at least 4 members (excludes halogenated alkanes) is 1. The molecule has 0 aliphatic carbocycles. The van der Waals surface area contributed by atoms with Gasteiger partial charge in [-0.1, -0.05) is 33.1 Å². The first kappa shape index (κ1) is 8.96. The minimum Gasteiger partial charge on any atom is -0.396 e. The van der Waals surface area contributed by atoms with E-state index in [2.05, 4.69) is 13.8 Å². The molecular weight excluding hydrogens is 112 g/mol. The van der Waals surface area contributed by atoms with E-state index in [1.165, 1.54) is 19.3 Å². The molecule has 0 aromatic heterocycles. The first-order valence-corrected chi connectivity index (χ1v) is 3.96. The Hall–Kier alpha value is -0.0400. The number of aliphatic hydroxyl groups is 1. The highest BCUT2D eigenvalue weighted by Gasteiger charge is 2.01. The fourth-order valence-electron chi connectivity index (χ4n) is 0.917. The van der Waals surface area contributed by atoms with Crippen molar-refractivity contribution < 1.29 is 6.53 Å². The van der Waals surface area contributed by atoms with Crippen LogP contribution in [0.3, 0.4) is 0 Å². The van der Waals surface area contributed by atoms with Crippen molar-refractivity contribution in [3.05, 3.63) is 0 Å². The van der Waals surface area contributed by atoms with E-state index in [4.69, 9.17) is 5.11 Å². The number of rotatable bonds is 5. The van der Waals surface area contributed by atoms with Crippen molar-refractivity contribution in [3.63, 3.8) is 0 Å². The van der Waals surface area contributed by atoms with Crippen LogP contribution in [0, 0.1) is 5.92 Å². The third-order valence-corrected chi connectivity index (χ3v) is 1.80. The van der Waals surface area contributed by atoms with E-state index < -0.39 is 0 Å².